The van der Waals surface area contributed by atoms with E-state index in [-0.39, 0.29) is 6.42 Å². The summed E-state index contributed by atoms with van der Waals surface area (Å²) >= 11 is 0. The van der Waals surface area contributed by atoms with Crippen molar-refractivity contribution < 1.29 is 34.9 Å². The van der Waals surface area contributed by atoms with Crippen LogP contribution in [0.15, 0.2) is 4.90 Å². The van der Waals surface area contributed by atoms with Gasteiger partial charge in [0.05, 0.1) is 5.56 Å². The molecule has 0 radical (unpaired) electrons. The van der Waals surface area contributed by atoms with Gasteiger partial charge in [0.15, 0.2) is 28.2 Å². The fraction of sp³-hybridized carbons (Fsp3) is 0.400. The van der Waals surface area contributed by atoms with Crippen molar-refractivity contribution in [3.05, 3.63) is 28.8 Å². The van der Waals surface area contributed by atoms with Crippen LogP contribution in [0.5, 0.6) is 0 Å². The highest BCUT2D eigenvalue weighted by atomic mass is 32.2. The van der Waals surface area contributed by atoms with Crippen LogP contribution < -0.4 is 0 Å². The number of rotatable bonds is 4. The third-order valence-corrected chi connectivity index (χ3v) is 3.24. The van der Waals surface area contributed by atoms with E-state index >= 15 is 0 Å². The van der Waals surface area contributed by atoms with Crippen LogP contribution in [0.4, 0.5) is 22.0 Å². The van der Waals surface area contributed by atoms with E-state index in [0.29, 0.717) is 0 Å². The Morgan fingerprint density at radius 2 is 1.47 bits per heavy atom. The fourth-order valence-corrected chi connectivity index (χ4v) is 2.16. The van der Waals surface area contributed by atoms with Crippen molar-refractivity contribution in [3.8, 4) is 0 Å². The van der Waals surface area contributed by atoms with E-state index in [4.69, 9.17) is 4.55 Å². The minimum Gasteiger partial charge on any atom is -0.282 e. The molecule has 0 fully saturated rings. The molecule has 0 aliphatic heterocycles. The molecule has 3 nitrogen and oxygen atoms in total. The quantitative estimate of drug-likeness (QED) is 0.527. The number of alkyl halides is 1. The summed E-state index contributed by atoms with van der Waals surface area (Å²) in [7, 11) is -5.52. The van der Waals surface area contributed by atoms with Crippen molar-refractivity contribution in [1.82, 2.24) is 0 Å². The molecule has 9 heteroatoms. The molecule has 0 spiro atoms. The molecule has 0 bridgehead atoms. The van der Waals surface area contributed by atoms with Crippen LogP contribution in [0.25, 0.3) is 0 Å². The molecule has 1 unspecified atom stereocenters. The van der Waals surface area contributed by atoms with Crippen LogP contribution in [0, 0.1) is 23.3 Å². The van der Waals surface area contributed by atoms with Gasteiger partial charge in [0.1, 0.15) is 6.17 Å². The van der Waals surface area contributed by atoms with Crippen LogP contribution >= 0.6 is 0 Å². The van der Waals surface area contributed by atoms with Crippen molar-refractivity contribution in [2.75, 3.05) is 0 Å². The topological polar surface area (TPSA) is 54.4 Å². The number of benzene rings is 1. The molecule has 0 amide bonds. The number of hydrogen-bond acceptors (Lipinski definition) is 2. The molecule has 1 rings (SSSR count). The van der Waals surface area contributed by atoms with Crippen LogP contribution in [-0.4, -0.2) is 13.0 Å². The van der Waals surface area contributed by atoms with E-state index in [0.717, 1.165) is 0 Å². The van der Waals surface area contributed by atoms with E-state index in [1.54, 1.807) is 0 Å². The normalized spacial score (nSPS) is 13.6. The predicted octanol–water partition coefficient (Wildman–Crippen LogP) is 3.30. The summed E-state index contributed by atoms with van der Waals surface area (Å²) in [4.78, 5) is -2.17. The van der Waals surface area contributed by atoms with Gasteiger partial charge >= 0.3 is 10.1 Å². The molecular formula is C10H9F5O3S. The molecular weight excluding hydrogens is 295 g/mol. The van der Waals surface area contributed by atoms with E-state index in [1.165, 1.54) is 6.92 Å². The SMILES string of the molecule is CCCC(F)c1c(F)c(F)c(S(=O)(=O)O)c(F)c1F. The number of hydrogen-bond donors (Lipinski definition) is 1. The highest BCUT2D eigenvalue weighted by Crippen LogP contribution is 2.34. The maximum atomic E-state index is 13.4. The number of halogens is 5. The summed E-state index contributed by atoms with van der Waals surface area (Å²) in [6.07, 6.45) is -2.59. The molecule has 1 atom stereocenters. The summed E-state index contributed by atoms with van der Waals surface area (Å²) in [5.41, 5.74) is -1.52. The summed E-state index contributed by atoms with van der Waals surface area (Å²) < 4.78 is 96.6. The Morgan fingerprint density at radius 3 is 1.79 bits per heavy atom. The largest absolute Gasteiger partial charge is 0.300 e. The van der Waals surface area contributed by atoms with Crippen molar-refractivity contribution in [2.45, 2.75) is 30.8 Å². The zero-order valence-electron chi connectivity index (χ0n) is 9.55. The van der Waals surface area contributed by atoms with E-state index in [9.17, 15) is 30.4 Å². The van der Waals surface area contributed by atoms with Crippen molar-refractivity contribution in [1.29, 1.82) is 0 Å². The molecule has 0 heterocycles. The highest BCUT2D eigenvalue weighted by molar-refractivity contribution is 7.85. The first-order valence-corrected chi connectivity index (χ1v) is 6.54. The lowest BCUT2D eigenvalue weighted by atomic mass is 10.0. The minimum atomic E-state index is -5.52. The van der Waals surface area contributed by atoms with Gasteiger partial charge in [-0.15, -0.1) is 0 Å². The van der Waals surface area contributed by atoms with Gasteiger partial charge in [-0.1, -0.05) is 13.3 Å². The molecule has 1 aromatic carbocycles. The van der Waals surface area contributed by atoms with Gasteiger partial charge in [-0.3, -0.25) is 4.55 Å². The van der Waals surface area contributed by atoms with E-state index in [1.807, 2.05) is 0 Å². The van der Waals surface area contributed by atoms with Crippen molar-refractivity contribution in [2.24, 2.45) is 0 Å². The molecule has 0 saturated carbocycles. The first-order chi connectivity index (χ1) is 8.62. The standard InChI is InChI=1S/C10H9F5O3S/c1-2-3-4(11)5-6(12)8(14)10(19(16,17)18)9(15)7(5)13/h4H,2-3H2,1H3,(H,16,17,18). The molecule has 0 aromatic heterocycles. The van der Waals surface area contributed by atoms with Crippen LogP contribution in [0.3, 0.4) is 0 Å². The minimum absolute atomic E-state index is 0.142. The highest BCUT2D eigenvalue weighted by Gasteiger charge is 2.34. The Bertz CT molecular complexity index is 571. The van der Waals surface area contributed by atoms with Gasteiger partial charge in [-0.2, -0.15) is 8.42 Å². The zero-order chi connectivity index (χ0) is 15.0. The second kappa shape index (κ2) is 5.41. The lowest BCUT2D eigenvalue weighted by Crippen LogP contribution is -2.14. The Balaban J connectivity index is 3.66. The average Bonchev–Trinajstić information content (AvgIpc) is 2.25. The second-order valence-electron chi connectivity index (χ2n) is 3.73. The van der Waals surface area contributed by atoms with Crippen LogP contribution in [0.1, 0.15) is 31.5 Å². The average molecular weight is 304 g/mol. The second-order valence-corrected chi connectivity index (χ2v) is 5.09. The van der Waals surface area contributed by atoms with E-state index in [2.05, 4.69) is 0 Å². The Morgan fingerprint density at radius 1 is 1.05 bits per heavy atom. The smallest absolute Gasteiger partial charge is 0.282 e. The van der Waals surface area contributed by atoms with Crippen LogP contribution in [0.2, 0.25) is 0 Å². The van der Waals surface area contributed by atoms with Gasteiger partial charge < -0.3 is 0 Å². The Hall–Kier alpha value is -1.22. The van der Waals surface area contributed by atoms with Crippen molar-refractivity contribution in [3.63, 3.8) is 0 Å². The molecule has 0 aliphatic carbocycles. The van der Waals surface area contributed by atoms with Crippen molar-refractivity contribution >= 4 is 10.1 Å². The molecule has 1 N–H and O–H groups in total. The molecule has 19 heavy (non-hydrogen) atoms. The van der Waals surface area contributed by atoms with Gasteiger partial charge in [0.25, 0.3) is 0 Å². The first kappa shape index (κ1) is 15.8. The van der Waals surface area contributed by atoms with Gasteiger partial charge in [-0.05, 0) is 6.42 Å². The summed E-state index contributed by atoms with van der Waals surface area (Å²) in [5.74, 6) is -9.05. The maximum absolute atomic E-state index is 13.4. The molecule has 1 aromatic rings. The first-order valence-electron chi connectivity index (χ1n) is 5.10. The van der Waals surface area contributed by atoms with Gasteiger partial charge in [0, 0.05) is 0 Å². The monoisotopic (exact) mass is 304 g/mol. The Kier molecular flexibility index (Phi) is 4.51. The fourth-order valence-electron chi connectivity index (χ4n) is 1.53. The lowest BCUT2D eigenvalue weighted by molar-refractivity contribution is 0.284. The summed E-state index contributed by atoms with van der Waals surface area (Å²) in [5, 5.41) is 0. The summed E-state index contributed by atoms with van der Waals surface area (Å²) in [6.45, 7) is 1.47. The predicted molar refractivity (Wildman–Crippen MR) is 54.8 cm³/mol. The molecule has 0 aliphatic rings. The Labute approximate surface area is 105 Å². The third-order valence-electron chi connectivity index (χ3n) is 2.37. The third kappa shape index (κ3) is 2.86. The van der Waals surface area contributed by atoms with Crippen LogP contribution in [-0.2, 0) is 10.1 Å². The molecule has 0 saturated heterocycles. The lowest BCUT2D eigenvalue weighted by Gasteiger charge is -2.13. The maximum Gasteiger partial charge on any atom is 0.300 e. The van der Waals surface area contributed by atoms with Gasteiger partial charge in [0.2, 0.25) is 0 Å². The summed E-state index contributed by atoms with van der Waals surface area (Å²) in [6, 6.07) is 0. The van der Waals surface area contributed by atoms with E-state index < -0.39 is 56.4 Å². The van der Waals surface area contributed by atoms with Gasteiger partial charge in [-0.25, -0.2) is 22.0 Å². The zero-order valence-corrected chi connectivity index (χ0v) is 10.4. The molecule has 108 valence electrons.